The Kier molecular flexibility index (Phi) is 26.0. The van der Waals surface area contributed by atoms with Crippen molar-refractivity contribution >= 4 is 12.4 Å². The summed E-state index contributed by atoms with van der Waals surface area (Å²) in [6, 6.07) is 0. The van der Waals surface area contributed by atoms with Crippen molar-refractivity contribution in [2.75, 3.05) is 7.11 Å². The van der Waals surface area contributed by atoms with Crippen LogP contribution in [0.5, 0.6) is 0 Å². The van der Waals surface area contributed by atoms with E-state index in [9.17, 15) is 0 Å². The third-order valence-electron chi connectivity index (χ3n) is 1.17. The van der Waals surface area contributed by atoms with E-state index >= 15 is 0 Å². The van der Waals surface area contributed by atoms with Crippen molar-refractivity contribution in [2.45, 2.75) is 12.8 Å². The maximum atomic E-state index is 7.00. The molecule has 1 nitrogen and oxygen atoms in total. The maximum Gasteiger partial charge on any atom is 2.00 e. The first-order valence-corrected chi connectivity index (χ1v) is 3.88. The molecule has 3 heteroatoms. The summed E-state index contributed by atoms with van der Waals surface area (Å²) in [5.74, 6) is 0. The van der Waals surface area contributed by atoms with Gasteiger partial charge in [0.2, 0.25) is 0 Å². The molecule has 0 bridgehead atoms. The molecule has 0 aliphatic heterocycles. The van der Waals surface area contributed by atoms with Gasteiger partial charge in [-0.3, -0.25) is 12.2 Å². The van der Waals surface area contributed by atoms with Gasteiger partial charge in [0.1, 0.15) is 0 Å². The van der Waals surface area contributed by atoms with Gasteiger partial charge in [-0.25, -0.2) is 24.3 Å². The molecule has 0 fully saturated rings. The molecule has 0 radical (unpaired) electrons. The third-order valence-corrected chi connectivity index (χ3v) is 1.17. The van der Waals surface area contributed by atoms with Crippen molar-refractivity contribution in [3.8, 4) is 0 Å². The zero-order chi connectivity index (χ0) is 9.07. The van der Waals surface area contributed by atoms with Crippen LogP contribution >= 0.6 is 12.4 Å². The summed E-state index contributed by atoms with van der Waals surface area (Å²) in [5, 5.41) is 7.00. The number of rotatable bonds is 0. The van der Waals surface area contributed by atoms with Crippen LogP contribution in [-0.4, -0.2) is 12.2 Å². The van der Waals surface area contributed by atoms with E-state index < -0.39 is 0 Å². The Bertz CT molecular complexity index is 153. The number of aliphatic hydroxyl groups is 1. The molecule has 14 heavy (non-hydrogen) atoms. The zero-order valence-corrected chi connectivity index (χ0v) is 10.6. The smallest absolute Gasteiger partial charge is 0.400 e. The third kappa shape index (κ3) is 14.4. The number of aliphatic hydroxyl groups excluding tert-OH is 1. The molecule has 2 aliphatic carbocycles. The second-order valence-corrected chi connectivity index (χ2v) is 2.01. The van der Waals surface area contributed by atoms with E-state index in [4.69, 9.17) is 5.11 Å². The SMILES string of the molecule is CO.Cl.[C-]1=CC=CC1.[C-]1=CC=CC1.[Ti+2]. The van der Waals surface area contributed by atoms with Gasteiger partial charge in [0.25, 0.3) is 0 Å². The predicted octanol–water partition coefficient (Wildman–Crippen LogP) is 2.64. The minimum Gasteiger partial charge on any atom is -0.400 e. The molecular weight excluding hydrogens is 231 g/mol. The molecule has 2 rings (SSSR count). The standard InChI is InChI=1S/2C5H5.CH4O.ClH.Ti/c2*1-2-4-5-3-1;1-2;;/h2*1-3H,4H2;2H,1H3;1H;/q2*-1;;;+2. The van der Waals surface area contributed by atoms with Crippen LogP contribution in [0.2, 0.25) is 0 Å². The van der Waals surface area contributed by atoms with Crippen molar-refractivity contribution in [3.05, 3.63) is 48.6 Å². The predicted molar refractivity (Wildman–Crippen MR) is 58.5 cm³/mol. The fourth-order valence-electron chi connectivity index (χ4n) is 0.680. The quantitative estimate of drug-likeness (QED) is 0.515. The van der Waals surface area contributed by atoms with Gasteiger partial charge in [0.15, 0.2) is 0 Å². The van der Waals surface area contributed by atoms with Gasteiger partial charge in [-0.15, -0.1) is 25.2 Å². The Hall–Kier alpha value is -0.0757. The van der Waals surface area contributed by atoms with E-state index in [0.29, 0.717) is 0 Å². The van der Waals surface area contributed by atoms with E-state index in [2.05, 4.69) is 24.3 Å². The Labute approximate surface area is 108 Å². The molecule has 0 unspecified atom stereocenters. The first-order chi connectivity index (χ1) is 6.00. The number of hydrogen-bond acceptors (Lipinski definition) is 1. The molecule has 0 amide bonds. The van der Waals surface area contributed by atoms with Gasteiger partial charge in [-0.2, -0.15) is 12.2 Å². The van der Waals surface area contributed by atoms with Crippen molar-refractivity contribution in [1.82, 2.24) is 0 Å². The Morgan fingerprint density at radius 2 is 1.29 bits per heavy atom. The molecule has 2 aliphatic rings. The molecular formula is C11H15ClOTi. The van der Waals surface area contributed by atoms with Crippen LogP contribution in [0.3, 0.4) is 0 Å². The molecule has 0 saturated heterocycles. The fraction of sp³-hybridized carbons (Fsp3) is 0.273. The van der Waals surface area contributed by atoms with Crippen LogP contribution in [0.1, 0.15) is 12.8 Å². The molecule has 0 atom stereocenters. The fourth-order valence-corrected chi connectivity index (χ4v) is 0.680. The van der Waals surface area contributed by atoms with Crippen LogP contribution in [0.25, 0.3) is 0 Å². The monoisotopic (exact) mass is 246 g/mol. The average molecular weight is 247 g/mol. The maximum absolute atomic E-state index is 7.00. The van der Waals surface area contributed by atoms with Crippen LogP contribution in [0.15, 0.2) is 36.5 Å². The summed E-state index contributed by atoms with van der Waals surface area (Å²) >= 11 is 0. The number of halogens is 1. The van der Waals surface area contributed by atoms with Gasteiger partial charge in [-0.05, 0) is 0 Å². The molecule has 0 aromatic rings. The van der Waals surface area contributed by atoms with Gasteiger partial charge >= 0.3 is 21.7 Å². The molecule has 0 spiro atoms. The average Bonchev–Trinajstić information content (AvgIpc) is 2.87. The molecule has 0 aromatic carbocycles. The summed E-state index contributed by atoms with van der Waals surface area (Å²) in [7, 11) is 1.00. The van der Waals surface area contributed by atoms with Crippen LogP contribution in [0, 0.1) is 12.2 Å². The molecule has 0 heterocycles. The van der Waals surface area contributed by atoms with Gasteiger partial charge in [0, 0.05) is 7.11 Å². The van der Waals surface area contributed by atoms with Gasteiger partial charge < -0.3 is 5.11 Å². The largest absolute Gasteiger partial charge is 2.00 e. The summed E-state index contributed by atoms with van der Waals surface area (Å²) < 4.78 is 0. The molecule has 0 aromatic heterocycles. The van der Waals surface area contributed by atoms with Crippen molar-refractivity contribution < 1.29 is 26.8 Å². The van der Waals surface area contributed by atoms with E-state index in [1.807, 2.05) is 24.3 Å². The first-order valence-electron chi connectivity index (χ1n) is 3.88. The zero-order valence-electron chi connectivity index (χ0n) is 8.23. The van der Waals surface area contributed by atoms with E-state index in [0.717, 1.165) is 20.0 Å². The molecule has 1 N–H and O–H groups in total. The Morgan fingerprint density at radius 3 is 1.36 bits per heavy atom. The normalized spacial score (nSPS) is 13.0. The number of allylic oxidation sites excluding steroid dienone is 8. The van der Waals surface area contributed by atoms with E-state index in [-0.39, 0.29) is 34.1 Å². The second-order valence-electron chi connectivity index (χ2n) is 2.01. The summed E-state index contributed by atoms with van der Waals surface area (Å²) in [5.41, 5.74) is 0. The van der Waals surface area contributed by atoms with Gasteiger partial charge in [-0.1, -0.05) is 0 Å². The van der Waals surface area contributed by atoms with Crippen molar-refractivity contribution in [2.24, 2.45) is 0 Å². The van der Waals surface area contributed by atoms with Crippen LogP contribution < -0.4 is 0 Å². The Balaban J connectivity index is -0.000000131. The minimum atomic E-state index is 0. The van der Waals surface area contributed by atoms with Crippen LogP contribution in [-0.2, 0) is 21.7 Å². The van der Waals surface area contributed by atoms with Crippen molar-refractivity contribution in [3.63, 3.8) is 0 Å². The second kappa shape index (κ2) is 18.7. The van der Waals surface area contributed by atoms with E-state index in [1.54, 1.807) is 0 Å². The van der Waals surface area contributed by atoms with Crippen molar-refractivity contribution in [1.29, 1.82) is 0 Å². The van der Waals surface area contributed by atoms with E-state index in [1.165, 1.54) is 0 Å². The molecule has 0 saturated carbocycles. The minimum absolute atomic E-state index is 0. The first kappa shape index (κ1) is 19.5. The summed E-state index contributed by atoms with van der Waals surface area (Å²) in [6.07, 6.45) is 20.0. The number of hydrogen-bond donors (Lipinski definition) is 1. The van der Waals surface area contributed by atoms with Crippen LogP contribution in [0.4, 0.5) is 0 Å². The topological polar surface area (TPSA) is 20.2 Å². The Morgan fingerprint density at radius 1 is 0.929 bits per heavy atom. The summed E-state index contributed by atoms with van der Waals surface area (Å²) in [4.78, 5) is 0. The summed E-state index contributed by atoms with van der Waals surface area (Å²) in [6.45, 7) is 0. The van der Waals surface area contributed by atoms with Gasteiger partial charge in [0.05, 0.1) is 0 Å². The molecule has 76 valence electrons.